The molecule has 0 fully saturated rings. The minimum Gasteiger partial charge on any atom is -0.494 e. The number of ether oxygens (including phenoxy) is 3. The highest BCUT2D eigenvalue weighted by atomic mass is 32.2. The van der Waals surface area contributed by atoms with Crippen molar-refractivity contribution < 1.29 is 23.8 Å². The SMILES string of the molecule is CCOC(=O)c1cc(C#N)c(SCC(=O)Oc2ccc(OCC)cc2)nc1C. The Bertz CT molecular complexity index is 891. The van der Waals surface area contributed by atoms with Crippen LogP contribution in [0.15, 0.2) is 35.4 Å². The summed E-state index contributed by atoms with van der Waals surface area (Å²) >= 11 is 1.07. The standard InChI is InChI=1S/C20H20N2O5S/c1-4-25-15-6-8-16(9-7-15)27-18(23)12-28-19-14(11-21)10-17(13(3)22-19)20(24)26-5-2/h6-10H,4-5,12H2,1-3H3. The molecule has 0 spiro atoms. The van der Waals surface area contributed by atoms with Crippen LogP contribution in [-0.4, -0.2) is 35.9 Å². The fourth-order valence-corrected chi connectivity index (χ4v) is 3.02. The van der Waals surface area contributed by atoms with Gasteiger partial charge in [-0.15, -0.1) is 0 Å². The molecule has 2 rings (SSSR count). The van der Waals surface area contributed by atoms with Gasteiger partial charge in [-0.05, 0) is 51.1 Å². The van der Waals surface area contributed by atoms with E-state index >= 15 is 0 Å². The molecule has 0 amide bonds. The van der Waals surface area contributed by atoms with Crippen LogP contribution in [0.25, 0.3) is 0 Å². The number of hydrogen-bond donors (Lipinski definition) is 0. The molecule has 146 valence electrons. The number of carbonyl (C=O) groups excluding carboxylic acids is 2. The highest BCUT2D eigenvalue weighted by Gasteiger charge is 2.17. The maximum atomic E-state index is 12.1. The van der Waals surface area contributed by atoms with Crippen LogP contribution >= 0.6 is 11.8 Å². The first-order chi connectivity index (χ1) is 13.5. The maximum absolute atomic E-state index is 12.1. The summed E-state index contributed by atoms with van der Waals surface area (Å²) in [5, 5.41) is 9.69. The number of pyridine rings is 1. The van der Waals surface area contributed by atoms with E-state index in [0.717, 1.165) is 11.8 Å². The van der Waals surface area contributed by atoms with Gasteiger partial charge in [0.15, 0.2) is 0 Å². The number of hydrogen-bond acceptors (Lipinski definition) is 8. The Morgan fingerprint density at radius 3 is 2.43 bits per heavy atom. The monoisotopic (exact) mass is 400 g/mol. The molecular formula is C20H20N2O5S. The van der Waals surface area contributed by atoms with Gasteiger partial charge >= 0.3 is 11.9 Å². The van der Waals surface area contributed by atoms with Crippen molar-refractivity contribution in [3.8, 4) is 17.6 Å². The minimum atomic E-state index is -0.532. The molecule has 0 aliphatic heterocycles. The summed E-state index contributed by atoms with van der Waals surface area (Å²) in [4.78, 5) is 28.3. The van der Waals surface area contributed by atoms with Gasteiger partial charge in [0.1, 0.15) is 22.6 Å². The quantitative estimate of drug-likeness (QED) is 0.377. The summed E-state index contributed by atoms with van der Waals surface area (Å²) in [7, 11) is 0. The summed E-state index contributed by atoms with van der Waals surface area (Å²) < 4.78 is 15.6. The predicted octanol–water partition coefficient (Wildman–Crippen LogP) is 3.53. The van der Waals surface area contributed by atoms with Crippen LogP contribution in [0.3, 0.4) is 0 Å². The lowest BCUT2D eigenvalue weighted by Gasteiger charge is -2.09. The number of thioether (sulfide) groups is 1. The molecular weight excluding hydrogens is 380 g/mol. The van der Waals surface area contributed by atoms with Gasteiger partial charge in [-0.25, -0.2) is 9.78 Å². The van der Waals surface area contributed by atoms with Gasteiger partial charge in [0.25, 0.3) is 0 Å². The van der Waals surface area contributed by atoms with Crippen LogP contribution in [0.5, 0.6) is 11.5 Å². The van der Waals surface area contributed by atoms with E-state index in [4.69, 9.17) is 14.2 Å². The first-order valence-electron chi connectivity index (χ1n) is 8.63. The molecule has 2 aromatic rings. The number of nitriles is 1. The molecule has 0 saturated carbocycles. The zero-order chi connectivity index (χ0) is 20.5. The molecule has 1 heterocycles. The van der Waals surface area contributed by atoms with Crippen molar-refractivity contribution in [3.63, 3.8) is 0 Å². The second kappa shape index (κ2) is 10.3. The van der Waals surface area contributed by atoms with Crippen molar-refractivity contribution in [1.82, 2.24) is 4.98 Å². The van der Waals surface area contributed by atoms with Crippen LogP contribution < -0.4 is 9.47 Å². The molecule has 0 radical (unpaired) electrons. The molecule has 0 bridgehead atoms. The molecule has 0 saturated heterocycles. The predicted molar refractivity (Wildman–Crippen MR) is 104 cm³/mol. The Kier molecular flexibility index (Phi) is 7.84. The third-order valence-electron chi connectivity index (χ3n) is 3.49. The maximum Gasteiger partial charge on any atom is 0.340 e. The lowest BCUT2D eigenvalue weighted by atomic mass is 10.1. The summed E-state index contributed by atoms with van der Waals surface area (Å²) in [6, 6.07) is 10.1. The normalized spacial score (nSPS) is 10.1. The van der Waals surface area contributed by atoms with Gasteiger partial charge in [-0.1, -0.05) is 11.8 Å². The van der Waals surface area contributed by atoms with E-state index in [2.05, 4.69) is 4.98 Å². The highest BCUT2D eigenvalue weighted by Crippen LogP contribution is 2.24. The second-order valence-electron chi connectivity index (χ2n) is 5.47. The number of nitrogens with zero attached hydrogens (tertiary/aromatic N) is 2. The van der Waals surface area contributed by atoms with Gasteiger partial charge < -0.3 is 14.2 Å². The molecule has 8 heteroatoms. The summed E-state index contributed by atoms with van der Waals surface area (Å²) in [6.45, 7) is 6.02. The lowest BCUT2D eigenvalue weighted by molar-refractivity contribution is -0.131. The van der Waals surface area contributed by atoms with Crippen LogP contribution in [-0.2, 0) is 9.53 Å². The number of benzene rings is 1. The third-order valence-corrected chi connectivity index (χ3v) is 4.45. The first kappa shape index (κ1) is 21.3. The van der Waals surface area contributed by atoms with Gasteiger partial charge in [0.2, 0.25) is 0 Å². The third kappa shape index (κ3) is 5.72. The van der Waals surface area contributed by atoms with Crippen molar-refractivity contribution in [2.75, 3.05) is 19.0 Å². The van der Waals surface area contributed by atoms with Gasteiger partial charge in [-0.2, -0.15) is 5.26 Å². The van der Waals surface area contributed by atoms with E-state index in [-0.39, 0.29) is 23.5 Å². The van der Waals surface area contributed by atoms with E-state index < -0.39 is 11.9 Å². The number of rotatable bonds is 8. The number of aromatic nitrogens is 1. The van der Waals surface area contributed by atoms with E-state index in [1.807, 2.05) is 13.0 Å². The highest BCUT2D eigenvalue weighted by molar-refractivity contribution is 7.99. The fourth-order valence-electron chi connectivity index (χ4n) is 2.25. The minimum absolute atomic E-state index is 0.0346. The zero-order valence-electron chi connectivity index (χ0n) is 15.9. The van der Waals surface area contributed by atoms with Gasteiger partial charge in [-0.3, -0.25) is 4.79 Å². The molecule has 1 aromatic heterocycles. The van der Waals surface area contributed by atoms with Crippen molar-refractivity contribution in [3.05, 3.63) is 47.2 Å². The smallest absolute Gasteiger partial charge is 0.340 e. The molecule has 1 aromatic carbocycles. The molecule has 0 N–H and O–H groups in total. The first-order valence-corrected chi connectivity index (χ1v) is 9.62. The molecule has 0 atom stereocenters. The Labute approximate surface area is 167 Å². The number of esters is 2. The Morgan fingerprint density at radius 1 is 1.14 bits per heavy atom. The van der Waals surface area contributed by atoms with Crippen LogP contribution in [0.1, 0.15) is 35.5 Å². The molecule has 7 nitrogen and oxygen atoms in total. The fraction of sp³-hybridized carbons (Fsp3) is 0.300. The summed E-state index contributed by atoms with van der Waals surface area (Å²) in [5.74, 6) is 0.0445. The Balaban J connectivity index is 2.03. The Morgan fingerprint density at radius 2 is 1.82 bits per heavy atom. The number of carbonyl (C=O) groups is 2. The van der Waals surface area contributed by atoms with Crippen molar-refractivity contribution in [2.24, 2.45) is 0 Å². The Hall–Kier alpha value is -3.05. The lowest BCUT2D eigenvalue weighted by Crippen LogP contribution is -2.12. The summed E-state index contributed by atoms with van der Waals surface area (Å²) in [6.07, 6.45) is 0. The average Bonchev–Trinajstić information content (AvgIpc) is 2.68. The van der Waals surface area contributed by atoms with Crippen molar-refractivity contribution in [1.29, 1.82) is 5.26 Å². The van der Waals surface area contributed by atoms with E-state index in [1.165, 1.54) is 6.07 Å². The van der Waals surface area contributed by atoms with Crippen LogP contribution in [0.2, 0.25) is 0 Å². The van der Waals surface area contributed by atoms with Crippen LogP contribution in [0, 0.1) is 18.3 Å². The molecule has 0 aliphatic carbocycles. The van der Waals surface area contributed by atoms with Gasteiger partial charge in [0.05, 0.1) is 35.8 Å². The average molecular weight is 400 g/mol. The molecule has 28 heavy (non-hydrogen) atoms. The number of aryl methyl sites for hydroxylation is 1. The van der Waals surface area contributed by atoms with E-state index in [0.29, 0.717) is 28.8 Å². The molecule has 0 unspecified atom stereocenters. The zero-order valence-corrected chi connectivity index (χ0v) is 16.7. The van der Waals surface area contributed by atoms with Crippen molar-refractivity contribution in [2.45, 2.75) is 25.8 Å². The second-order valence-corrected chi connectivity index (χ2v) is 6.44. The van der Waals surface area contributed by atoms with Crippen LogP contribution in [0.4, 0.5) is 0 Å². The summed E-state index contributed by atoms with van der Waals surface area (Å²) in [5.41, 5.74) is 0.868. The largest absolute Gasteiger partial charge is 0.494 e. The van der Waals surface area contributed by atoms with E-state index in [1.54, 1.807) is 38.1 Å². The van der Waals surface area contributed by atoms with Gasteiger partial charge in [0, 0.05) is 0 Å². The van der Waals surface area contributed by atoms with Crippen molar-refractivity contribution >= 4 is 23.7 Å². The molecule has 0 aliphatic rings. The van der Waals surface area contributed by atoms with E-state index in [9.17, 15) is 14.9 Å². The topological polar surface area (TPSA) is 98.5 Å².